The zero-order chi connectivity index (χ0) is 14.6. The third-order valence-electron chi connectivity index (χ3n) is 2.52. The molecule has 0 amide bonds. The summed E-state index contributed by atoms with van der Waals surface area (Å²) in [4.78, 5) is 4.03. The lowest BCUT2D eigenvalue weighted by atomic mass is 10.2. The highest BCUT2D eigenvalue weighted by atomic mass is 79.9. The Balaban J connectivity index is 2.23. The van der Waals surface area contributed by atoms with Gasteiger partial charge in [0, 0.05) is 11.5 Å². The van der Waals surface area contributed by atoms with E-state index in [1.54, 1.807) is 12.1 Å². The van der Waals surface area contributed by atoms with E-state index < -0.39 is 10.0 Å². The zero-order valence-corrected chi connectivity index (χ0v) is 12.6. The highest BCUT2D eigenvalue weighted by Gasteiger charge is 2.14. The van der Waals surface area contributed by atoms with Crippen LogP contribution in [0.1, 0.15) is 11.1 Å². The van der Waals surface area contributed by atoms with Crippen LogP contribution in [-0.4, -0.2) is 13.4 Å². The lowest BCUT2D eigenvalue weighted by molar-refractivity contribution is 0.601. The van der Waals surface area contributed by atoms with Crippen molar-refractivity contribution < 1.29 is 8.42 Å². The Morgan fingerprint density at radius 2 is 1.90 bits per heavy atom. The molecule has 1 aromatic heterocycles. The van der Waals surface area contributed by atoms with Crippen molar-refractivity contribution in [3.63, 3.8) is 0 Å². The Morgan fingerprint density at radius 1 is 1.20 bits per heavy atom. The second-order valence-electron chi connectivity index (χ2n) is 3.93. The molecule has 2 aromatic rings. The first-order valence-electron chi connectivity index (χ1n) is 5.59. The number of hydrogen-bond donors (Lipinski definition) is 1. The van der Waals surface area contributed by atoms with Crippen LogP contribution in [0.3, 0.4) is 0 Å². The molecule has 0 saturated heterocycles. The van der Waals surface area contributed by atoms with Gasteiger partial charge in [-0.2, -0.15) is 5.26 Å². The standard InChI is InChI=1S/C13H10BrN3O2S/c14-7-10-1-4-12(5-2-10)20(18,19)17-13-6-3-11(8-15)9-16-13/h1-6,9H,7H2,(H,16,17). The predicted octanol–water partition coefficient (Wildman–Crippen LogP) is 2.65. The molecule has 0 aliphatic carbocycles. The number of pyridine rings is 1. The minimum Gasteiger partial charge on any atom is -0.263 e. The first-order valence-corrected chi connectivity index (χ1v) is 8.19. The summed E-state index contributed by atoms with van der Waals surface area (Å²) in [5, 5.41) is 9.32. The number of hydrogen-bond acceptors (Lipinski definition) is 4. The van der Waals surface area contributed by atoms with Crippen LogP contribution in [-0.2, 0) is 15.4 Å². The first kappa shape index (κ1) is 14.5. The summed E-state index contributed by atoms with van der Waals surface area (Å²) in [5.74, 6) is 0.175. The van der Waals surface area contributed by atoms with Crippen LogP contribution in [0, 0.1) is 11.3 Å². The van der Waals surface area contributed by atoms with E-state index in [4.69, 9.17) is 5.26 Å². The normalized spacial score (nSPS) is 10.8. The number of sulfonamides is 1. The van der Waals surface area contributed by atoms with Gasteiger partial charge in [0.1, 0.15) is 11.9 Å². The summed E-state index contributed by atoms with van der Waals surface area (Å²) in [6.07, 6.45) is 1.31. The second-order valence-corrected chi connectivity index (χ2v) is 6.17. The molecule has 0 unspecified atom stereocenters. The van der Waals surface area contributed by atoms with Gasteiger partial charge in [0.05, 0.1) is 10.5 Å². The SMILES string of the molecule is N#Cc1ccc(NS(=O)(=O)c2ccc(CBr)cc2)nc1. The van der Waals surface area contributed by atoms with E-state index in [1.165, 1.54) is 30.5 Å². The van der Waals surface area contributed by atoms with Gasteiger partial charge in [-0.3, -0.25) is 4.72 Å². The number of nitriles is 1. The van der Waals surface area contributed by atoms with E-state index in [-0.39, 0.29) is 10.7 Å². The molecule has 0 saturated carbocycles. The Bertz CT molecular complexity index is 735. The van der Waals surface area contributed by atoms with Gasteiger partial charge in [0.25, 0.3) is 10.0 Å². The Hall–Kier alpha value is -1.91. The molecule has 5 nitrogen and oxygen atoms in total. The monoisotopic (exact) mass is 351 g/mol. The quantitative estimate of drug-likeness (QED) is 0.858. The maximum atomic E-state index is 12.1. The van der Waals surface area contributed by atoms with Crippen LogP contribution in [0.25, 0.3) is 0 Å². The molecular formula is C13H10BrN3O2S. The third-order valence-corrected chi connectivity index (χ3v) is 4.54. The van der Waals surface area contributed by atoms with E-state index in [9.17, 15) is 8.42 Å². The number of anilines is 1. The van der Waals surface area contributed by atoms with Crippen molar-refractivity contribution >= 4 is 31.8 Å². The van der Waals surface area contributed by atoms with E-state index in [0.717, 1.165) is 5.56 Å². The fourth-order valence-corrected chi connectivity index (χ4v) is 2.86. The van der Waals surface area contributed by atoms with Gasteiger partial charge >= 0.3 is 0 Å². The van der Waals surface area contributed by atoms with Crippen LogP contribution in [0.4, 0.5) is 5.82 Å². The average Bonchev–Trinajstić information content (AvgIpc) is 2.48. The molecule has 7 heteroatoms. The van der Waals surface area contributed by atoms with Crippen molar-refractivity contribution in [3.05, 3.63) is 53.7 Å². The maximum Gasteiger partial charge on any atom is 0.263 e. The fraction of sp³-hybridized carbons (Fsp3) is 0.0769. The van der Waals surface area contributed by atoms with E-state index in [2.05, 4.69) is 25.6 Å². The molecule has 1 N–H and O–H groups in total. The molecule has 0 aliphatic heterocycles. The maximum absolute atomic E-state index is 12.1. The van der Waals surface area contributed by atoms with Gasteiger partial charge in [-0.25, -0.2) is 13.4 Å². The molecule has 102 valence electrons. The smallest absolute Gasteiger partial charge is 0.263 e. The van der Waals surface area contributed by atoms with E-state index in [0.29, 0.717) is 10.9 Å². The van der Waals surface area contributed by atoms with Gasteiger partial charge < -0.3 is 0 Å². The van der Waals surface area contributed by atoms with Gasteiger partial charge in [0.2, 0.25) is 0 Å². The summed E-state index contributed by atoms with van der Waals surface area (Å²) >= 11 is 3.30. The molecule has 1 heterocycles. The number of nitrogens with zero attached hydrogens (tertiary/aromatic N) is 2. The van der Waals surface area contributed by atoms with Gasteiger partial charge in [-0.15, -0.1) is 0 Å². The van der Waals surface area contributed by atoms with Crippen molar-refractivity contribution in [1.29, 1.82) is 5.26 Å². The lowest BCUT2D eigenvalue weighted by Gasteiger charge is -2.07. The van der Waals surface area contributed by atoms with Crippen LogP contribution in [0.2, 0.25) is 0 Å². The largest absolute Gasteiger partial charge is 0.263 e. The number of nitrogens with one attached hydrogen (secondary N) is 1. The molecule has 0 aliphatic rings. The van der Waals surface area contributed by atoms with E-state index >= 15 is 0 Å². The number of halogens is 1. The third kappa shape index (κ3) is 3.35. The van der Waals surface area contributed by atoms with Gasteiger partial charge in [0.15, 0.2) is 0 Å². The summed E-state index contributed by atoms with van der Waals surface area (Å²) in [5.41, 5.74) is 1.36. The Morgan fingerprint density at radius 3 is 2.40 bits per heavy atom. The second kappa shape index (κ2) is 6.03. The Labute approximate surface area is 125 Å². The van der Waals surface area contributed by atoms with Crippen LogP contribution < -0.4 is 4.72 Å². The highest BCUT2D eigenvalue weighted by molar-refractivity contribution is 9.08. The molecule has 1 aromatic carbocycles. The summed E-state index contributed by atoms with van der Waals surface area (Å²) < 4.78 is 26.6. The molecule has 2 rings (SSSR count). The molecule has 0 spiro atoms. The van der Waals surface area contributed by atoms with Crippen LogP contribution in [0.15, 0.2) is 47.5 Å². The average molecular weight is 352 g/mol. The summed E-state index contributed by atoms with van der Waals surface area (Å²) in [7, 11) is -3.67. The zero-order valence-electron chi connectivity index (χ0n) is 10.2. The number of benzene rings is 1. The minimum absolute atomic E-state index is 0.161. The fourth-order valence-electron chi connectivity index (χ4n) is 1.47. The van der Waals surface area contributed by atoms with Crippen molar-refractivity contribution in [2.45, 2.75) is 10.2 Å². The van der Waals surface area contributed by atoms with Gasteiger partial charge in [-0.1, -0.05) is 28.1 Å². The summed E-state index contributed by atoms with van der Waals surface area (Å²) in [6.45, 7) is 0. The van der Waals surface area contributed by atoms with Crippen molar-refractivity contribution in [2.75, 3.05) is 4.72 Å². The van der Waals surface area contributed by atoms with Gasteiger partial charge in [-0.05, 0) is 29.8 Å². The van der Waals surface area contributed by atoms with E-state index in [1.807, 2.05) is 6.07 Å². The molecule has 0 bridgehead atoms. The van der Waals surface area contributed by atoms with Crippen LogP contribution in [0.5, 0.6) is 0 Å². The molecule has 0 fully saturated rings. The predicted molar refractivity (Wildman–Crippen MR) is 78.8 cm³/mol. The van der Waals surface area contributed by atoms with Crippen LogP contribution >= 0.6 is 15.9 Å². The topological polar surface area (TPSA) is 82.9 Å². The first-order chi connectivity index (χ1) is 9.55. The lowest BCUT2D eigenvalue weighted by Crippen LogP contribution is -2.13. The molecule has 0 radical (unpaired) electrons. The molecule has 0 atom stereocenters. The van der Waals surface area contributed by atoms with Crippen molar-refractivity contribution in [3.8, 4) is 6.07 Å². The van der Waals surface area contributed by atoms with Crippen molar-refractivity contribution in [2.24, 2.45) is 0 Å². The van der Waals surface area contributed by atoms with Crippen molar-refractivity contribution in [1.82, 2.24) is 4.98 Å². The molecule has 20 heavy (non-hydrogen) atoms. The number of aromatic nitrogens is 1. The molecular weight excluding hydrogens is 342 g/mol. The number of alkyl halides is 1. The number of rotatable bonds is 4. The summed E-state index contributed by atoms with van der Waals surface area (Å²) in [6, 6.07) is 11.4. The minimum atomic E-state index is -3.67. The highest BCUT2D eigenvalue weighted by Crippen LogP contribution is 2.16. The Kier molecular flexibility index (Phi) is 4.37.